The largest absolute Gasteiger partial charge is 0.353 e. The highest BCUT2D eigenvalue weighted by atomic mass is 35.5. The van der Waals surface area contributed by atoms with Gasteiger partial charge in [0.2, 0.25) is 5.91 Å². The number of nitrogens with zero attached hydrogens (tertiary/aromatic N) is 6. The number of benzene rings is 3. The Kier molecular flexibility index (Phi) is 9.50. The number of hydrogen-bond acceptors (Lipinski definition) is 10. The monoisotopic (exact) mass is 724 g/mol. The summed E-state index contributed by atoms with van der Waals surface area (Å²) in [7, 11) is 2.18. The number of aryl methyl sites for hydroxylation is 1. The maximum absolute atomic E-state index is 11.6. The molecule has 2 fully saturated rings. The van der Waals surface area contributed by atoms with E-state index in [4.69, 9.17) is 16.6 Å². The number of halogens is 1. The van der Waals surface area contributed by atoms with Crippen LogP contribution in [-0.2, 0) is 17.6 Å². The maximum Gasteiger partial charge on any atom is 0.228 e. The van der Waals surface area contributed by atoms with Crippen molar-refractivity contribution < 1.29 is 4.79 Å². The van der Waals surface area contributed by atoms with E-state index in [-0.39, 0.29) is 5.91 Å². The summed E-state index contributed by atoms with van der Waals surface area (Å²) in [5.74, 6) is 2.29. The van der Waals surface area contributed by atoms with Crippen molar-refractivity contribution in [3.63, 3.8) is 0 Å². The fraction of sp³-hybridized carbons (Fsp3) is 0.342. The van der Waals surface area contributed by atoms with Crippen LogP contribution >= 0.6 is 34.5 Å². The van der Waals surface area contributed by atoms with Gasteiger partial charge in [0.1, 0.15) is 16.7 Å². The first-order chi connectivity index (χ1) is 24.4. The van der Waals surface area contributed by atoms with Gasteiger partial charge in [0.05, 0.1) is 28.1 Å². The zero-order valence-corrected chi connectivity index (χ0v) is 30.8. The number of aliphatic imine (C=N–C) groups is 1. The van der Waals surface area contributed by atoms with Crippen molar-refractivity contribution in [2.24, 2.45) is 4.99 Å². The average molecular weight is 725 g/mol. The Hall–Kier alpha value is -4.00. The van der Waals surface area contributed by atoms with E-state index >= 15 is 0 Å². The number of aromatic nitrogens is 1. The molecule has 0 saturated carbocycles. The molecular weight excluding hydrogens is 684 g/mol. The van der Waals surface area contributed by atoms with E-state index < -0.39 is 0 Å². The van der Waals surface area contributed by atoms with Crippen LogP contribution in [0.5, 0.6) is 0 Å². The summed E-state index contributed by atoms with van der Waals surface area (Å²) in [6, 6.07) is 23.0. The zero-order valence-electron chi connectivity index (χ0n) is 28.4. The molecule has 2 aromatic heterocycles. The minimum atomic E-state index is 0.0499. The summed E-state index contributed by atoms with van der Waals surface area (Å²) < 4.78 is 5.94. The van der Waals surface area contributed by atoms with Gasteiger partial charge >= 0.3 is 0 Å². The summed E-state index contributed by atoms with van der Waals surface area (Å²) in [6.45, 7) is 11.4. The number of hydrogen-bond donors (Lipinski definition) is 2. The van der Waals surface area contributed by atoms with Crippen LogP contribution in [0, 0.1) is 6.92 Å². The van der Waals surface area contributed by atoms with Gasteiger partial charge < -0.3 is 25.3 Å². The van der Waals surface area contributed by atoms with E-state index in [1.54, 1.807) is 22.9 Å². The smallest absolute Gasteiger partial charge is 0.228 e. The number of rotatable bonds is 4. The third-order valence-corrected chi connectivity index (χ3v) is 12.0. The molecule has 0 atom stereocenters. The van der Waals surface area contributed by atoms with Crippen LogP contribution in [0.1, 0.15) is 21.6 Å². The topological polar surface area (TPSA) is 79.3 Å². The van der Waals surface area contributed by atoms with Crippen molar-refractivity contribution >= 4 is 84.2 Å². The number of amides is 1. The van der Waals surface area contributed by atoms with Crippen LogP contribution in [0.3, 0.4) is 0 Å². The van der Waals surface area contributed by atoms with E-state index in [9.17, 15) is 4.79 Å². The number of piperazine rings is 2. The quantitative estimate of drug-likeness (QED) is 0.202. The molecule has 12 heteroatoms. The molecule has 2 N–H and O–H groups in total. The number of thiophene rings is 1. The average Bonchev–Trinajstić information content (AvgIpc) is 3.80. The Bertz CT molecular complexity index is 2060. The van der Waals surface area contributed by atoms with Crippen molar-refractivity contribution in [1.29, 1.82) is 0 Å². The highest BCUT2D eigenvalue weighted by Gasteiger charge is 2.26. The van der Waals surface area contributed by atoms with Gasteiger partial charge in [-0.05, 0) is 79.4 Å². The number of likely N-dealkylation sites (N-methyl/N-ethyl adjacent to an activating group) is 1. The first-order valence-electron chi connectivity index (χ1n) is 17.3. The van der Waals surface area contributed by atoms with E-state index in [1.165, 1.54) is 25.5 Å². The number of nitrogens with one attached hydrogen (secondary N) is 2. The SMILES string of the molecule is Cc1cc2c(s1)Nc1ccccc1N=C2N1CCN(C)CC1.O=C1Cc2cc(CCN3CCN(c4nsc5ccccc45)CC3)c(Cl)cc2N1. The molecule has 1 amide bonds. The predicted octanol–water partition coefficient (Wildman–Crippen LogP) is 7.25. The number of amidine groups is 1. The Morgan fingerprint density at radius 2 is 1.62 bits per heavy atom. The highest BCUT2D eigenvalue weighted by Crippen LogP contribution is 2.39. The zero-order chi connectivity index (χ0) is 34.2. The molecule has 0 spiro atoms. The fourth-order valence-corrected chi connectivity index (χ4v) is 9.03. The van der Waals surface area contributed by atoms with Crippen molar-refractivity contribution in [2.75, 3.05) is 81.5 Å². The number of para-hydroxylation sites is 2. The molecule has 0 unspecified atom stereocenters. The molecule has 0 aliphatic carbocycles. The molecule has 258 valence electrons. The minimum Gasteiger partial charge on any atom is -0.353 e. The van der Waals surface area contributed by atoms with E-state index in [0.717, 1.165) is 110 Å². The number of anilines is 4. The van der Waals surface area contributed by atoms with E-state index in [1.807, 2.05) is 6.07 Å². The maximum atomic E-state index is 11.6. The van der Waals surface area contributed by atoms with Gasteiger partial charge in [0.25, 0.3) is 0 Å². The molecule has 4 aliphatic heterocycles. The molecule has 0 bridgehead atoms. The highest BCUT2D eigenvalue weighted by molar-refractivity contribution is 7.16. The first kappa shape index (κ1) is 33.2. The molecule has 4 aliphatic rings. The molecule has 9 rings (SSSR count). The first-order valence-corrected chi connectivity index (χ1v) is 19.3. The lowest BCUT2D eigenvalue weighted by molar-refractivity contribution is -0.115. The number of carbonyl (C=O) groups excluding carboxylic acids is 1. The number of fused-ring (bicyclic) bond motifs is 4. The normalized spacial score (nSPS) is 17.6. The molecule has 3 aromatic carbocycles. The van der Waals surface area contributed by atoms with Gasteiger partial charge in [-0.25, -0.2) is 4.99 Å². The Labute approximate surface area is 306 Å². The molecule has 50 heavy (non-hydrogen) atoms. The second-order valence-electron chi connectivity index (χ2n) is 13.4. The van der Waals surface area contributed by atoms with Gasteiger partial charge in [0.15, 0.2) is 0 Å². The molecular formula is C38H41ClN8OS2. The Morgan fingerprint density at radius 1 is 0.860 bits per heavy atom. The van der Waals surface area contributed by atoms with Crippen LogP contribution in [0.2, 0.25) is 5.02 Å². The molecule has 6 heterocycles. The minimum absolute atomic E-state index is 0.0499. The van der Waals surface area contributed by atoms with Gasteiger partial charge in [-0.15, -0.1) is 11.3 Å². The standard InChI is InChI=1S/C21H21ClN4OS.C17H20N4S/c22-17-13-18-15(12-20(27)23-18)11-14(17)5-6-25-7-9-26(10-8-25)21-16-3-1-2-4-19(16)28-24-21;1-12-11-13-16(21-9-7-20(2)8-10-21)18-14-5-3-4-6-15(14)19-17(13)22-12/h1-4,11,13H,5-10,12H2,(H,23,27);3-6,11,19H,7-10H2,1-2H3. The van der Waals surface area contributed by atoms with Gasteiger partial charge in [-0.1, -0.05) is 41.9 Å². The predicted molar refractivity (Wildman–Crippen MR) is 210 cm³/mol. The Balaban J connectivity index is 0.000000149. The molecule has 0 radical (unpaired) electrons. The van der Waals surface area contributed by atoms with Gasteiger partial charge in [-0.3, -0.25) is 9.69 Å². The van der Waals surface area contributed by atoms with Crippen molar-refractivity contribution in [1.82, 2.24) is 19.1 Å². The van der Waals surface area contributed by atoms with Crippen molar-refractivity contribution in [3.05, 3.63) is 93.3 Å². The Morgan fingerprint density at radius 3 is 2.46 bits per heavy atom. The summed E-state index contributed by atoms with van der Waals surface area (Å²) in [4.78, 5) is 27.6. The molecule has 5 aromatic rings. The second kappa shape index (κ2) is 14.3. The van der Waals surface area contributed by atoms with Crippen LogP contribution in [0.15, 0.2) is 71.7 Å². The second-order valence-corrected chi connectivity index (χ2v) is 15.8. The van der Waals surface area contributed by atoms with Gasteiger partial charge in [0, 0.05) is 79.9 Å². The third kappa shape index (κ3) is 6.97. The van der Waals surface area contributed by atoms with Crippen molar-refractivity contribution in [2.45, 2.75) is 19.8 Å². The summed E-state index contributed by atoms with van der Waals surface area (Å²) in [5.41, 5.74) is 6.41. The molecule has 9 nitrogen and oxygen atoms in total. The van der Waals surface area contributed by atoms with Gasteiger partial charge in [-0.2, -0.15) is 4.37 Å². The van der Waals surface area contributed by atoms with Crippen molar-refractivity contribution in [3.8, 4) is 0 Å². The van der Waals surface area contributed by atoms with Crippen LogP contribution < -0.4 is 15.5 Å². The summed E-state index contributed by atoms with van der Waals surface area (Å²) in [5, 5.41) is 9.64. The van der Waals surface area contributed by atoms with Crippen LogP contribution in [0.4, 0.5) is 27.9 Å². The fourth-order valence-electron chi connectivity index (χ4n) is 7.06. The lowest BCUT2D eigenvalue weighted by Crippen LogP contribution is -2.47. The summed E-state index contributed by atoms with van der Waals surface area (Å²) in [6.07, 6.45) is 1.36. The molecule has 2 saturated heterocycles. The van der Waals surface area contributed by atoms with Crippen LogP contribution in [-0.4, -0.2) is 96.8 Å². The van der Waals surface area contributed by atoms with Crippen LogP contribution in [0.25, 0.3) is 10.1 Å². The lowest BCUT2D eigenvalue weighted by atomic mass is 10.1. The van der Waals surface area contributed by atoms with E-state index in [0.29, 0.717) is 6.42 Å². The lowest BCUT2D eigenvalue weighted by Gasteiger charge is -2.35. The number of carbonyl (C=O) groups is 1. The van der Waals surface area contributed by atoms with E-state index in [2.05, 4.69) is 109 Å². The third-order valence-electron chi connectivity index (χ3n) is 9.90. The summed E-state index contributed by atoms with van der Waals surface area (Å²) >= 11 is 9.82.